The first-order chi connectivity index (χ1) is 6.37. The number of hydrogen-bond acceptors (Lipinski definition) is 2. The Bertz CT molecular complexity index is 168. The maximum absolute atomic E-state index is 11.1. The molecule has 0 aromatic carbocycles. The summed E-state index contributed by atoms with van der Waals surface area (Å²) in [6.07, 6.45) is 4.49. The second-order valence-corrected chi connectivity index (χ2v) is 5.23. The van der Waals surface area contributed by atoms with Gasteiger partial charge in [0, 0.05) is 0 Å². The van der Waals surface area contributed by atoms with Crippen LogP contribution in [-0.2, 0) is 9.53 Å². The van der Waals surface area contributed by atoms with Gasteiger partial charge >= 0.3 is 5.97 Å². The van der Waals surface area contributed by atoms with Gasteiger partial charge in [-0.25, -0.2) is 0 Å². The highest BCUT2D eigenvalue weighted by Gasteiger charge is 2.13. The monoisotopic (exact) mass is 200 g/mol. The molecule has 0 aromatic rings. The number of methoxy groups -OCH3 is 1. The molecule has 0 saturated carbocycles. The molecule has 0 amide bonds. The van der Waals surface area contributed by atoms with Crippen LogP contribution in [0.5, 0.6) is 0 Å². The first-order valence-electron chi connectivity index (χ1n) is 5.44. The van der Waals surface area contributed by atoms with Crippen LogP contribution in [0.1, 0.15) is 53.4 Å². The van der Waals surface area contributed by atoms with E-state index >= 15 is 0 Å². The van der Waals surface area contributed by atoms with Gasteiger partial charge in [-0.3, -0.25) is 4.79 Å². The molecule has 0 heterocycles. The van der Waals surface area contributed by atoms with Crippen molar-refractivity contribution in [3.05, 3.63) is 0 Å². The molecule has 0 bridgehead atoms. The van der Waals surface area contributed by atoms with Gasteiger partial charge in [-0.1, -0.05) is 40.5 Å². The number of rotatable bonds is 5. The summed E-state index contributed by atoms with van der Waals surface area (Å²) in [5.74, 6) is -0.0271. The minimum atomic E-state index is -0.0826. The van der Waals surface area contributed by atoms with Gasteiger partial charge in [0.2, 0.25) is 0 Å². The lowest BCUT2D eigenvalue weighted by Gasteiger charge is -2.18. The Morgan fingerprint density at radius 2 is 1.86 bits per heavy atom. The van der Waals surface area contributed by atoms with Crippen molar-refractivity contribution in [1.82, 2.24) is 0 Å². The zero-order valence-corrected chi connectivity index (χ0v) is 10.2. The second-order valence-electron chi connectivity index (χ2n) is 5.23. The molecule has 0 aliphatic carbocycles. The van der Waals surface area contributed by atoms with E-state index in [1.807, 2.05) is 6.92 Å². The molecule has 1 unspecified atom stereocenters. The number of unbranched alkanes of at least 4 members (excludes halogenated alkanes) is 1. The molecule has 2 heteroatoms. The average Bonchev–Trinajstić information content (AvgIpc) is 2.09. The maximum Gasteiger partial charge on any atom is 0.308 e. The Balaban J connectivity index is 3.50. The van der Waals surface area contributed by atoms with Crippen LogP contribution in [0.25, 0.3) is 0 Å². The predicted molar refractivity (Wildman–Crippen MR) is 59.1 cm³/mol. The molecule has 0 fully saturated rings. The second kappa shape index (κ2) is 6.05. The molecule has 0 aliphatic heterocycles. The molecule has 0 radical (unpaired) electrons. The summed E-state index contributed by atoms with van der Waals surface area (Å²) in [6, 6.07) is 0. The lowest BCUT2D eigenvalue weighted by atomic mass is 9.89. The van der Waals surface area contributed by atoms with Crippen molar-refractivity contribution in [3.63, 3.8) is 0 Å². The number of carbonyl (C=O) groups is 1. The standard InChI is InChI=1S/C12H24O2/c1-10(11(13)14-5)8-6-7-9-12(2,3)4/h10H,6-9H2,1-5H3. The minimum Gasteiger partial charge on any atom is -0.469 e. The Hall–Kier alpha value is -0.530. The molecular formula is C12H24O2. The summed E-state index contributed by atoms with van der Waals surface area (Å²) in [7, 11) is 1.45. The largest absolute Gasteiger partial charge is 0.469 e. The zero-order valence-electron chi connectivity index (χ0n) is 10.2. The summed E-state index contributed by atoms with van der Waals surface area (Å²) in [5, 5.41) is 0. The van der Waals surface area contributed by atoms with Gasteiger partial charge in [-0.15, -0.1) is 0 Å². The third-order valence-electron chi connectivity index (χ3n) is 2.42. The highest BCUT2D eigenvalue weighted by atomic mass is 16.5. The predicted octanol–water partition coefficient (Wildman–Crippen LogP) is 3.40. The molecular weight excluding hydrogens is 176 g/mol. The molecule has 0 aliphatic rings. The van der Waals surface area contributed by atoms with E-state index in [9.17, 15) is 4.79 Å². The van der Waals surface area contributed by atoms with Gasteiger partial charge in [-0.05, 0) is 18.3 Å². The number of carbonyl (C=O) groups excluding carboxylic acids is 1. The van der Waals surface area contributed by atoms with E-state index < -0.39 is 0 Å². The summed E-state index contributed by atoms with van der Waals surface area (Å²) in [5.41, 5.74) is 0.411. The molecule has 2 nitrogen and oxygen atoms in total. The topological polar surface area (TPSA) is 26.3 Å². The van der Waals surface area contributed by atoms with Gasteiger partial charge in [-0.2, -0.15) is 0 Å². The van der Waals surface area contributed by atoms with Crippen molar-refractivity contribution in [3.8, 4) is 0 Å². The fraction of sp³-hybridized carbons (Fsp3) is 0.917. The van der Waals surface area contributed by atoms with Crippen LogP contribution in [0.15, 0.2) is 0 Å². The van der Waals surface area contributed by atoms with E-state index in [0.29, 0.717) is 5.41 Å². The first-order valence-corrected chi connectivity index (χ1v) is 5.44. The maximum atomic E-state index is 11.1. The van der Waals surface area contributed by atoms with Gasteiger partial charge in [0.05, 0.1) is 13.0 Å². The quantitative estimate of drug-likeness (QED) is 0.502. The lowest BCUT2D eigenvalue weighted by molar-refractivity contribution is -0.145. The van der Waals surface area contributed by atoms with Crippen molar-refractivity contribution >= 4 is 5.97 Å². The molecule has 0 spiro atoms. The summed E-state index contributed by atoms with van der Waals surface area (Å²) in [6.45, 7) is 8.67. The fourth-order valence-electron chi connectivity index (χ4n) is 1.42. The van der Waals surface area contributed by atoms with E-state index in [1.54, 1.807) is 0 Å². The highest BCUT2D eigenvalue weighted by molar-refractivity contribution is 5.71. The molecule has 0 saturated heterocycles. The fourth-order valence-corrected chi connectivity index (χ4v) is 1.42. The van der Waals surface area contributed by atoms with Crippen LogP contribution in [0.3, 0.4) is 0 Å². The summed E-state index contributed by atoms with van der Waals surface area (Å²) >= 11 is 0. The van der Waals surface area contributed by atoms with Crippen molar-refractivity contribution in [1.29, 1.82) is 0 Å². The molecule has 1 atom stereocenters. The Kier molecular flexibility index (Phi) is 5.82. The molecule has 14 heavy (non-hydrogen) atoms. The van der Waals surface area contributed by atoms with Crippen LogP contribution >= 0.6 is 0 Å². The summed E-state index contributed by atoms with van der Waals surface area (Å²) in [4.78, 5) is 11.1. The van der Waals surface area contributed by atoms with Gasteiger partial charge < -0.3 is 4.74 Å². The minimum absolute atomic E-state index is 0.0555. The van der Waals surface area contributed by atoms with E-state index in [4.69, 9.17) is 0 Å². The molecule has 84 valence electrons. The van der Waals surface area contributed by atoms with E-state index in [0.717, 1.165) is 12.8 Å². The highest BCUT2D eigenvalue weighted by Crippen LogP contribution is 2.23. The number of hydrogen-bond donors (Lipinski definition) is 0. The third kappa shape index (κ3) is 6.93. The normalized spacial score (nSPS) is 13.8. The smallest absolute Gasteiger partial charge is 0.308 e. The average molecular weight is 200 g/mol. The summed E-state index contributed by atoms with van der Waals surface area (Å²) < 4.78 is 4.67. The van der Waals surface area contributed by atoms with Crippen LogP contribution in [0.2, 0.25) is 0 Å². The lowest BCUT2D eigenvalue weighted by Crippen LogP contribution is -2.12. The zero-order chi connectivity index (χ0) is 11.2. The van der Waals surface area contributed by atoms with Gasteiger partial charge in [0.1, 0.15) is 0 Å². The molecule has 0 N–H and O–H groups in total. The number of ether oxygens (including phenoxy) is 1. The number of esters is 1. The Labute approximate surface area is 88.0 Å². The molecule has 0 rings (SSSR count). The van der Waals surface area contributed by atoms with Crippen molar-refractivity contribution in [2.45, 2.75) is 53.4 Å². The van der Waals surface area contributed by atoms with Gasteiger partial charge in [0.15, 0.2) is 0 Å². The Morgan fingerprint density at radius 3 is 2.29 bits per heavy atom. The first kappa shape index (κ1) is 13.5. The SMILES string of the molecule is COC(=O)C(C)CCCCC(C)(C)C. The van der Waals surface area contributed by atoms with E-state index in [-0.39, 0.29) is 11.9 Å². The van der Waals surface area contributed by atoms with Crippen LogP contribution in [-0.4, -0.2) is 13.1 Å². The molecule has 0 aromatic heterocycles. The van der Waals surface area contributed by atoms with Crippen LogP contribution < -0.4 is 0 Å². The Morgan fingerprint density at radius 1 is 1.29 bits per heavy atom. The van der Waals surface area contributed by atoms with Crippen molar-refractivity contribution in [2.24, 2.45) is 11.3 Å². The van der Waals surface area contributed by atoms with Gasteiger partial charge in [0.25, 0.3) is 0 Å². The van der Waals surface area contributed by atoms with Crippen LogP contribution in [0, 0.1) is 11.3 Å². The van der Waals surface area contributed by atoms with E-state index in [2.05, 4.69) is 25.5 Å². The van der Waals surface area contributed by atoms with Crippen molar-refractivity contribution < 1.29 is 9.53 Å². The van der Waals surface area contributed by atoms with E-state index in [1.165, 1.54) is 20.0 Å². The van der Waals surface area contributed by atoms with Crippen molar-refractivity contribution in [2.75, 3.05) is 7.11 Å². The third-order valence-corrected chi connectivity index (χ3v) is 2.42. The van der Waals surface area contributed by atoms with Crippen LogP contribution in [0.4, 0.5) is 0 Å².